The zero-order chi connectivity index (χ0) is 17.4. The molecular formula is C18H15ClN4OS. The van der Waals surface area contributed by atoms with Gasteiger partial charge in [-0.25, -0.2) is 9.97 Å². The van der Waals surface area contributed by atoms with Crippen molar-refractivity contribution in [3.05, 3.63) is 69.9 Å². The molecule has 4 rings (SSSR count). The molecular weight excluding hydrogens is 356 g/mol. The molecule has 7 heteroatoms. The van der Waals surface area contributed by atoms with Crippen LogP contribution in [0.3, 0.4) is 0 Å². The van der Waals surface area contributed by atoms with E-state index >= 15 is 0 Å². The zero-order valence-corrected chi connectivity index (χ0v) is 15.1. The third kappa shape index (κ3) is 3.03. The molecule has 4 aromatic rings. The molecule has 0 N–H and O–H groups in total. The maximum atomic E-state index is 12.6. The molecule has 0 amide bonds. The number of para-hydroxylation sites is 1. The van der Waals surface area contributed by atoms with E-state index < -0.39 is 0 Å². The fourth-order valence-electron chi connectivity index (χ4n) is 2.76. The van der Waals surface area contributed by atoms with Gasteiger partial charge < -0.3 is 4.40 Å². The molecule has 0 aliphatic carbocycles. The molecule has 1 aromatic carbocycles. The Balaban J connectivity index is 1.68. The van der Waals surface area contributed by atoms with E-state index in [1.54, 1.807) is 4.57 Å². The highest BCUT2D eigenvalue weighted by Gasteiger charge is 2.11. The maximum absolute atomic E-state index is 12.6. The van der Waals surface area contributed by atoms with E-state index in [2.05, 4.69) is 9.97 Å². The summed E-state index contributed by atoms with van der Waals surface area (Å²) < 4.78 is 3.61. The number of thioether (sulfide) groups is 1. The summed E-state index contributed by atoms with van der Waals surface area (Å²) in [5, 5.41) is 2.03. The summed E-state index contributed by atoms with van der Waals surface area (Å²) in [6.07, 6.45) is 3.78. The van der Waals surface area contributed by atoms with Crippen molar-refractivity contribution in [3.8, 4) is 0 Å². The van der Waals surface area contributed by atoms with Crippen LogP contribution in [-0.4, -0.2) is 18.9 Å². The van der Waals surface area contributed by atoms with E-state index in [9.17, 15) is 4.79 Å². The lowest BCUT2D eigenvalue weighted by molar-refractivity contribution is 0.634. The minimum Gasteiger partial charge on any atom is -0.305 e. The first-order valence-corrected chi connectivity index (χ1v) is 9.27. The van der Waals surface area contributed by atoms with Gasteiger partial charge >= 0.3 is 0 Å². The molecule has 0 radical (unpaired) electrons. The van der Waals surface area contributed by atoms with Crippen molar-refractivity contribution in [1.29, 1.82) is 0 Å². The first kappa shape index (κ1) is 16.2. The van der Waals surface area contributed by atoms with Crippen molar-refractivity contribution in [2.45, 2.75) is 24.4 Å². The van der Waals surface area contributed by atoms with Gasteiger partial charge in [-0.3, -0.25) is 9.36 Å². The Kier molecular flexibility index (Phi) is 4.23. The van der Waals surface area contributed by atoms with Crippen LogP contribution in [-0.2, 0) is 12.3 Å². The Hall–Kier alpha value is -2.31. The van der Waals surface area contributed by atoms with Crippen LogP contribution in [0.15, 0.2) is 58.7 Å². The number of aromatic nitrogens is 4. The van der Waals surface area contributed by atoms with Crippen LogP contribution in [0.4, 0.5) is 0 Å². The molecule has 0 aliphatic rings. The molecule has 5 nitrogen and oxygen atoms in total. The molecule has 0 unspecified atom stereocenters. The highest BCUT2D eigenvalue weighted by atomic mass is 35.5. The normalized spacial score (nSPS) is 11.4. The third-order valence-corrected chi connectivity index (χ3v) is 5.19. The average Bonchev–Trinajstić information content (AvgIpc) is 3.02. The standard InChI is InChI=1S/C18H15ClN4OS/c1-2-23-17(24)14-5-3-4-6-15(14)21-18(23)25-11-13-10-22-9-12(19)7-8-16(22)20-13/h3-10H,2,11H2,1H3. The first-order chi connectivity index (χ1) is 12.2. The predicted molar refractivity (Wildman–Crippen MR) is 101 cm³/mol. The summed E-state index contributed by atoms with van der Waals surface area (Å²) in [6, 6.07) is 11.1. The number of imidazole rings is 1. The van der Waals surface area contributed by atoms with Gasteiger partial charge in [0.15, 0.2) is 5.16 Å². The molecule has 126 valence electrons. The van der Waals surface area contributed by atoms with Crippen LogP contribution >= 0.6 is 23.4 Å². The van der Waals surface area contributed by atoms with Crippen LogP contribution in [0.5, 0.6) is 0 Å². The molecule has 0 bridgehead atoms. The zero-order valence-electron chi connectivity index (χ0n) is 13.5. The van der Waals surface area contributed by atoms with Gasteiger partial charge in [0.05, 0.1) is 21.6 Å². The van der Waals surface area contributed by atoms with Gasteiger partial charge in [0.2, 0.25) is 0 Å². The van der Waals surface area contributed by atoms with Crippen LogP contribution in [0.1, 0.15) is 12.6 Å². The lowest BCUT2D eigenvalue weighted by Crippen LogP contribution is -2.22. The summed E-state index contributed by atoms with van der Waals surface area (Å²) in [5.41, 5.74) is 2.48. The van der Waals surface area contributed by atoms with Crippen LogP contribution in [0.2, 0.25) is 5.02 Å². The monoisotopic (exact) mass is 370 g/mol. The smallest absolute Gasteiger partial charge is 0.262 e. The number of rotatable bonds is 4. The van der Waals surface area contributed by atoms with Gasteiger partial charge in [-0.15, -0.1) is 0 Å². The number of pyridine rings is 1. The van der Waals surface area contributed by atoms with Crippen molar-refractivity contribution in [1.82, 2.24) is 18.9 Å². The Morgan fingerprint density at radius 3 is 2.80 bits per heavy atom. The van der Waals surface area contributed by atoms with E-state index in [0.29, 0.717) is 27.9 Å². The first-order valence-electron chi connectivity index (χ1n) is 7.91. The fraction of sp³-hybridized carbons (Fsp3) is 0.167. The number of fused-ring (bicyclic) bond motifs is 2. The van der Waals surface area contributed by atoms with E-state index in [1.807, 2.05) is 60.1 Å². The minimum atomic E-state index is -0.00242. The minimum absolute atomic E-state index is 0.00242. The lowest BCUT2D eigenvalue weighted by atomic mass is 10.2. The third-order valence-electron chi connectivity index (χ3n) is 3.96. The van der Waals surface area contributed by atoms with Crippen molar-refractivity contribution >= 4 is 39.9 Å². The van der Waals surface area contributed by atoms with Crippen molar-refractivity contribution < 1.29 is 0 Å². The number of nitrogens with zero attached hydrogens (tertiary/aromatic N) is 4. The van der Waals surface area contributed by atoms with Gasteiger partial charge in [-0.2, -0.15) is 0 Å². The molecule has 25 heavy (non-hydrogen) atoms. The molecule has 3 heterocycles. The molecule has 0 fully saturated rings. The average molecular weight is 371 g/mol. The van der Waals surface area contributed by atoms with Crippen LogP contribution < -0.4 is 5.56 Å². The van der Waals surface area contributed by atoms with E-state index in [-0.39, 0.29) is 5.56 Å². The highest BCUT2D eigenvalue weighted by molar-refractivity contribution is 7.98. The van der Waals surface area contributed by atoms with Gasteiger partial charge in [0.1, 0.15) is 5.65 Å². The van der Waals surface area contributed by atoms with Crippen molar-refractivity contribution in [3.63, 3.8) is 0 Å². The van der Waals surface area contributed by atoms with Gasteiger partial charge in [0.25, 0.3) is 5.56 Å². The summed E-state index contributed by atoms with van der Waals surface area (Å²) in [4.78, 5) is 21.9. The number of hydrogen-bond donors (Lipinski definition) is 0. The quantitative estimate of drug-likeness (QED) is 0.402. The molecule has 0 saturated carbocycles. The molecule has 3 aromatic heterocycles. The van der Waals surface area contributed by atoms with Gasteiger partial charge in [-0.1, -0.05) is 35.5 Å². The van der Waals surface area contributed by atoms with Crippen molar-refractivity contribution in [2.24, 2.45) is 0 Å². The second-order valence-corrected chi connectivity index (χ2v) is 6.97. The van der Waals surface area contributed by atoms with E-state index in [1.165, 1.54) is 11.8 Å². The van der Waals surface area contributed by atoms with E-state index in [0.717, 1.165) is 16.9 Å². The summed E-state index contributed by atoms with van der Waals surface area (Å²) in [5.74, 6) is 0.629. The van der Waals surface area contributed by atoms with Gasteiger partial charge in [0, 0.05) is 24.7 Å². The van der Waals surface area contributed by atoms with Crippen molar-refractivity contribution in [2.75, 3.05) is 0 Å². The largest absolute Gasteiger partial charge is 0.305 e. The van der Waals surface area contributed by atoms with Crippen LogP contribution in [0.25, 0.3) is 16.6 Å². The lowest BCUT2D eigenvalue weighted by Gasteiger charge is -2.10. The molecule has 0 aliphatic heterocycles. The summed E-state index contributed by atoms with van der Waals surface area (Å²) in [7, 11) is 0. The topological polar surface area (TPSA) is 52.2 Å². The number of benzene rings is 1. The number of halogens is 1. The fourth-order valence-corrected chi connectivity index (χ4v) is 3.88. The summed E-state index contributed by atoms with van der Waals surface area (Å²) >= 11 is 7.53. The van der Waals surface area contributed by atoms with Crippen LogP contribution in [0, 0.1) is 0 Å². The second kappa shape index (κ2) is 6.54. The summed E-state index contributed by atoms with van der Waals surface area (Å²) in [6.45, 7) is 2.54. The second-order valence-electron chi connectivity index (χ2n) is 5.59. The maximum Gasteiger partial charge on any atom is 0.262 e. The Morgan fingerprint density at radius 2 is 1.96 bits per heavy atom. The molecule has 0 saturated heterocycles. The SMILES string of the molecule is CCn1c(SCc2cn3cc(Cl)ccc3n2)nc2ccccc2c1=O. The number of hydrogen-bond acceptors (Lipinski definition) is 4. The molecule has 0 atom stereocenters. The van der Waals surface area contributed by atoms with Gasteiger partial charge in [-0.05, 0) is 31.2 Å². The predicted octanol–water partition coefficient (Wildman–Crippen LogP) is 4.01. The highest BCUT2D eigenvalue weighted by Crippen LogP contribution is 2.22. The van der Waals surface area contributed by atoms with E-state index in [4.69, 9.17) is 11.6 Å². The molecule has 0 spiro atoms. The Bertz CT molecular complexity index is 1140. The Labute approximate surface area is 153 Å². The Morgan fingerprint density at radius 1 is 1.12 bits per heavy atom.